The van der Waals surface area contributed by atoms with Crippen LogP contribution in [0, 0.1) is 6.92 Å². The smallest absolute Gasteiger partial charge is 0.248 e. The Morgan fingerprint density at radius 1 is 1.47 bits per heavy atom. The summed E-state index contributed by atoms with van der Waals surface area (Å²) in [5.74, 6) is -0.0301. The van der Waals surface area contributed by atoms with Crippen LogP contribution in [0.4, 0.5) is 5.69 Å². The maximum absolute atomic E-state index is 10.9. The fraction of sp³-hybridized carbons (Fsp3) is 0.200. The van der Waals surface area contributed by atoms with Crippen molar-refractivity contribution < 1.29 is 4.79 Å². The van der Waals surface area contributed by atoms with E-state index in [9.17, 15) is 4.79 Å². The molecule has 4 N–H and O–H groups in total. The van der Waals surface area contributed by atoms with E-state index in [4.69, 9.17) is 23.1 Å². The number of hydrogen-bond acceptors (Lipinski definition) is 2. The van der Waals surface area contributed by atoms with Crippen LogP contribution in [0.15, 0.2) is 23.2 Å². The van der Waals surface area contributed by atoms with Gasteiger partial charge < -0.3 is 11.5 Å². The molecular weight excluding hydrogens is 214 g/mol. The topological polar surface area (TPSA) is 81.5 Å². The molecule has 0 aliphatic heterocycles. The van der Waals surface area contributed by atoms with Gasteiger partial charge in [-0.2, -0.15) is 0 Å². The average Bonchev–Trinajstić information content (AvgIpc) is 2.20. The lowest BCUT2D eigenvalue weighted by Crippen LogP contribution is -2.13. The molecule has 1 aromatic carbocycles. The Balaban J connectivity index is 3.17. The highest BCUT2D eigenvalue weighted by Gasteiger charge is 2.04. The minimum Gasteiger partial charge on any atom is -0.386 e. The second-order valence-electron chi connectivity index (χ2n) is 3.10. The lowest BCUT2D eigenvalue weighted by atomic mass is 10.1. The molecule has 0 spiro atoms. The van der Waals surface area contributed by atoms with Gasteiger partial charge in [-0.3, -0.25) is 4.79 Å². The van der Waals surface area contributed by atoms with Gasteiger partial charge in [-0.25, -0.2) is 4.99 Å². The first-order valence-corrected chi connectivity index (χ1v) is 4.87. The predicted octanol–water partition coefficient (Wildman–Crippen LogP) is 1.32. The molecule has 0 bridgehead atoms. The molecule has 0 heterocycles. The van der Waals surface area contributed by atoms with E-state index in [1.54, 1.807) is 18.2 Å². The first kappa shape index (κ1) is 11.5. The number of amidine groups is 1. The summed E-state index contributed by atoms with van der Waals surface area (Å²) < 4.78 is 0. The molecule has 5 heteroatoms. The first-order valence-electron chi connectivity index (χ1n) is 4.34. The van der Waals surface area contributed by atoms with Crippen LogP contribution in [-0.2, 0) is 0 Å². The van der Waals surface area contributed by atoms with Gasteiger partial charge in [0, 0.05) is 5.56 Å². The Morgan fingerprint density at radius 2 is 2.13 bits per heavy atom. The Bertz CT molecular complexity index is 415. The van der Waals surface area contributed by atoms with Gasteiger partial charge in [-0.1, -0.05) is 6.07 Å². The number of nitrogens with zero attached hydrogens (tertiary/aromatic N) is 1. The fourth-order valence-electron chi connectivity index (χ4n) is 1.07. The number of rotatable bonds is 3. The maximum Gasteiger partial charge on any atom is 0.248 e. The van der Waals surface area contributed by atoms with Crippen molar-refractivity contribution in [1.82, 2.24) is 0 Å². The number of aliphatic imine (C=N–C) groups is 1. The summed E-state index contributed by atoms with van der Waals surface area (Å²) in [5.41, 5.74) is 12.6. The molecule has 80 valence electrons. The van der Waals surface area contributed by atoms with Crippen LogP contribution in [0.1, 0.15) is 15.9 Å². The van der Waals surface area contributed by atoms with Gasteiger partial charge in [0.2, 0.25) is 5.91 Å². The number of primary amides is 1. The third kappa shape index (κ3) is 2.95. The van der Waals surface area contributed by atoms with Crippen LogP contribution in [0.3, 0.4) is 0 Å². The van der Waals surface area contributed by atoms with Gasteiger partial charge in [0.05, 0.1) is 11.6 Å². The minimum absolute atomic E-state index is 0.153. The molecule has 0 saturated heterocycles. The highest BCUT2D eigenvalue weighted by atomic mass is 35.5. The summed E-state index contributed by atoms with van der Waals surface area (Å²) in [6.45, 7) is 1.87. The number of nitrogens with two attached hydrogens (primary N) is 2. The van der Waals surface area contributed by atoms with Gasteiger partial charge >= 0.3 is 0 Å². The van der Waals surface area contributed by atoms with Crippen LogP contribution in [-0.4, -0.2) is 17.6 Å². The van der Waals surface area contributed by atoms with Crippen molar-refractivity contribution in [3.8, 4) is 0 Å². The van der Waals surface area contributed by atoms with Gasteiger partial charge in [-0.05, 0) is 24.6 Å². The summed E-state index contributed by atoms with van der Waals surface area (Å²) in [5, 5.41) is 0. The van der Waals surface area contributed by atoms with Gasteiger partial charge in [0.1, 0.15) is 5.84 Å². The van der Waals surface area contributed by atoms with Gasteiger partial charge in [-0.15, -0.1) is 11.6 Å². The van der Waals surface area contributed by atoms with Crippen molar-refractivity contribution in [1.29, 1.82) is 0 Å². The molecular formula is C10H12ClN3O. The molecule has 0 saturated carbocycles. The number of benzene rings is 1. The van der Waals surface area contributed by atoms with Crippen LogP contribution in [0.25, 0.3) is 0 Å². The minimum atomic E-state index is -0.490. The number of hydrogen-bond donors (Lipinski definition) is 2. The second-order valence-corrected chi connectivity index (χ2v) is 3.37. The van der Waals surface area contributed by atoms with E-state index in [1.807, 2.05) is 6.92 Å². The van der Waals surface area contributed by atoms with Crippen molar-refractivity contribution in [2.45, 2.75) is 6.92 Å². The number of aryl methyl sites for hydroxylation is 1. The number of halogens is 1. The van der Waals surface area contributed by atoms with Crippen LogP contribution in [0.5, 0.6) is 0 Å². The third-order valence-electron chi connectivity index (χ3n) is 1.89. The highest BCUT2D eigenvalue weighted by Crippen LogP contribution is 2.20. The number of amides is 1. The van der Waals surface area contributed by atoms with Crippen LogP contribution in [0.2, 0.25) is 0 Å². The highest BCUT2D eigenvalue weighted by molar-refractivity contribution is 6.28. The molecule has 15 heavy (non-hydrogen) atoms. The van der Waals surface area contributed by atoms with E-state index in [2.05, 4.69) is 4.99 Å². The molecule has 4 nitrogen and oxygen atoms in total. The normalized spacial score (nSPS) is 11.5. The van der Waals surface area contributed by atoms with Crippen molar-refractivity contribution in [3.05, 3.63) is 29.3 Å². The summed E-state index contributed by atoms with van der Waals surface area (Å²) in [4.78, 5) is 15.0. The standard InChI is InChI=1S/C10H12ClN3O/c1-6-2-3-7(10(13)15)4-8(6)14-9(12)5-11/h2-4H,5H2,1H3,(H2,12,14)(H2,13,15). The summed E-state index contributed by atoms with van der Waals surface area (Å²) in [7, 11) is 0. The monoisotopic (exact) mass is 225 g/mol. The lowest BCUT2D eigenvalue weighted by molar-refractivity contribution is 0.100. The third-order valence-corrected chi connectivity index (χ3v) is 2.17. The zero-order valence-electron chi connectivity index (χ0n) is 8.33. The molecule has 0 fully saturated rings. The Morgan fingerprint density at radius 3 is 2.67 bits per heavy atom. The molecule has 1 amide bonds. The summed E-state index contributed by atoms with van der Waals surface area (Å²) in [6, 6.07) is 5.01. The quantitative estimate of drug-likeness (QED) is 0.462. The predicted molar refractivity (Wildman–Crippen MR) is 61.7 cm³/mol. The average molecular weight is 226 g/mol. The maximum atomic E-state index is 10.9. The molecule has 0 aliphatic carbocycles. The second kappa shape index (κ2) is 4.79. The molecule has 0 aliphatic rings. The van der Waals surface area contributed by atoms with Crippen molar-refractivity contribution in [2.75, 3.05) is 5.88 Å². The zero-order valence-corrected chi connectivity index (χ0v) is 9.08. The number of carbonyl (C=O) groups excluding carboxylic acids is 1. The zero-order chi connectivity index (χ0) is 11.4. The van der Waals surface area contributed by atoms with Crippen LogP contribution < -0.4 is 11.5 Å². The molecule has 0 unspecified atom stereocenters. The van der Waals surface area contributed by atoms with E-state index in [-0.39, 0.29) is 5.88 Å². The number of alkyl halides is 1. The molecule has 1 aromatic rings. The van der Waals surface area contributed by atoms with E-state index in [0.717, 1.165) is 5.56 Å². The largest absolute Gasteiger partial charge is 0.386 e. The van der Waals surface area contributed by atoms with Gasteiger partial charge in [0.15, 0.2) is 0 Å². The molecule has 0 aromatic heterocycles. The Labute approximate surface area is 92.9 Å². The molecule has 1 rings (SSSR count). The van der Waals surface area contributed by atoms with Crippen molar-refractivity contribution in [3.63, 3.8) is 0 Å². The van der Waals surface area contributed by atoms with E-state index in [0.29, 0.717) is 17.1 Å². The van der Waals surface area contributed by atoms with E-state index < -0.39 is 5.91 Å². The molecule has 0 atom stereocenters. The van der Waals surface area contributed by atoms with E-state index in [1.165, 1.54) is 0 Å². The Hall–Kier alpha value is -1.55. The van der Waals surface area contributed by atoms with Crippen molar-refractivity contribution >= 4 is 29.0 Å². The Kier molecular flexibility index (Phi) is 3.68. The molecule has 0 radical (unpaired) electrons. The lowest BCUT2D eigenvalue weighted by Gasteiger charge is -2.03. The van der Waals surface area contributed by atoms with Crippen LogP contribution >= 0.6 is 11.6 Å². The first-order chi connectivity index (χ1) is 7.04. The van der Waals surface area contributed by atoms with E-state index >= 15 is 0 Å². The SMILES string of the molecule is Cc1ccc(C(N)=O)cc1N=C(N)CCl. The fourth-order valence-corrected chi connectivity index (χ4v) is 1.13. The summed E-state index contributed by atoms with van der Waals surface area (Å²) >= 11 is 5.51. The van der Waals surface area contributed by atoms with Gasteiger partial charge in [0.25, 0.3) is 0 Å². The summed E-state index contributed by atoms with van der Waals surface area (Å²) in [6.07, 6.45) is 0. The number of carbonyl (C=O) groups is 1. The van der Waals surface area contributed by atoms with Crippen molar-refractivity contribution in [2.24, 2.45) is 16.5 Å².